The number of aliphatic hydroxyl groups excluding tert-OH is 1. The number of unbranched alkanes of at least 4 members (excludes halogenated alkanes) is 14. The number of allylic oxidation sites excluding steroid dienone is 15. The van der Waals surface area contributed by atoms with Gasteiger partial charge >= 0.3 is 11.9 Å². The monoisotopic (exact) mass is 863 g/mol. The molecule has 2 amide bonds. The van der Waals surface area contributed by atoms with Crippen molar-refractivity contribution in [3.05, 3.63) is 97.2 Å². The van der Waals surface area contributed by atoms with Crippen molar-refractivity contribution in [2.75, 3.05) is 13.2 Å². The Morgan fingerprint density at radius 2 is 0.968 bits per heavy atom. The predicted octanol–water partition coefficient (Wildman–Crippen LogP) is 12.6. The first-order chi connectivity index (χ1) is 30.3. The molecule has 0 aromatic rings. The predicted molar refractivity (Wildman–Crippen MR) is 259 cm³/mol. The van der Waals surface area contributed by atoms with E-state index in [1.165, 1.54) is 44.9 Å². The maximum Gasteiger partial charge on any atom is 0.328 e. The van der Waals surface area contributed by atoms with Crippen molar-refractivity contribution >= 4 is 23.8 Å². The number of amides is 2. The Kier molecular flexibility index (Phi) is 43.1. The molecule has 0 aromatic carbocycles. The molecule has 0 spiro atoms. The summed E-state index contributed by atoms with van der Waals surface area (Å²) < 4.78 is 5.93. The summed E-state index contributed by atoms with van der Waals surface area (Å²) in [6.07, 6.45) is 61.7. The van der Waals surface area contributed by atoms with Crippen molar-refractivity contribution in [1.82, 2.24) is 10.6 Å². The number of aliphatic carboxylic acids is 1. The molecule has 0 saturated heterocycles. The smallest absolute Gasteiger partial charge is 0.328 e. The van der Waals surface area contributed by atoms with Gasteiger partial charge in [-0.3, -0.25) is 14.4 Å². The number of hydrogen-bond donors (Lipinski definition) is 4. The molecule has 0 saturated carbocycles. The topological polar surface area (TPSA) is 142 Å². The zero-order valence-electron chi connectivity index (χ0n) is 38.8. The lowest BCUT2D eigenvalue weighted by Crippen LogP contribution is -2.47. The molecule has 0 fully saturated rings. The van der Waals surface area contributed by atoms with E-state index in [2.05, 4.69) is 116 Å². The van der Waals surface area contributed by atoms with E-state index in [-0.39, 0.29) is 30.9 Å². The first-order valence-electron chi connectivity index (χ1n) is 24.1. The van der Waals surface area contributed by atoms with E-state index in [4.69, 9.17) is 14.9 Å². The summed E-state index contributed by atoms with van der Waals surface area (Å²) >= 11 is 0. The largest absolute Gasteiger partial charge is 0.480 e. The van der Waals surface area contributed by atoms with Crippen molar-refractivity contribution in [3.63, 3.8) is 0 Å². The van der Waals surface area contributed by atoms with Gasteiger partial charge in [-0.2, -0.15) is 0 Å². The maximum absolute atomic E-state index is 12.8. The molecule has 0 aliphatic rings. The molecule has 0 heterocycles. The van der Waals surface area contributed by atoms with Gasteiger partial charge in [0.15, 0.2) is 0 Å². The van der Waals surface area contributed by atoms with Gasteiger partial charge in [-0.05, 0) is 102 Å². The normalized spacial score (nSPS) is 13.3. The zero-order valence-corrected chi connectivity index (χ0v) is 38.8. The first-order valence-corrected chi connectivity index (χ1v) is 24.1. The van der Waals surface area contributed by atoms with E-state index in [9.17, 15) is 19.2 Å². The number of hydrogen-bond acceptors (Lipinski definition) is 6. The number of esters is 1. The lowest BCUT2D eigenvalue weighted by Gasteiger charge is -2.15. The van der Waals surface area contributed by atoms with Gasteiger partial charge in [0.05, 0.1) is 13.2 Å². The third kappa shape index (κ3) is 42.5. The second kappa shape index (κ2) is 46.3. The van der Waals surface area contributed by atoms with Crippen LogP contribution in [0.25, 0.3) is 0 Å². The highest BCUT2D eigenvalue weighted by atomic mass is 16.5. The maximum atomic E-state index is 12.8. The number of carbonyl (C=O) groups is 4. The summed E-state index contributed by atoms with van der Waals surface area (Å²) in [5, 5.41) is 22.6. The van der Waals surface area contributed by atoms with Crippen LogP contribution in [-0.2, 0) is 23.9 Å². The van der Waals surface area contributed by atoms with Crippen LogP contribution < -0.4 is 10.6 Å². The Balaban J connectivity index is 4.35. The molecule has 9 nitrogen and oxygen atoms in total. The summed E-state index contributed by atoms with van der Waals surface area (Å²) in [5.74, 6) is -2.41. The number of ether oxygens (including phenoxy) is 1. The van der Waals surface area contributed by atoms with Crippen LogP contribution in [0.4, 0.5) is 0 Å². The van der Waals surface area contributed by atoms with E-state index in [1.54, 1.807) is 0 Å². The summed E-state index contributed by atoms with van der Waals surface area (Å²) in [4.78, 5) is 47.7. The molecule has 62 heavy (non-hydrogen) atoms. The van der Waals surface area contributed by atoms with Crippen molar-refractivity contribution in [3.8, 4) is 0 Å². The average molecular weight is 863 g/mol. The standard InChI is InChI=1S/C53H86N2O7/c1-3-5-7-9-11-13-15-16-17-18-19-20-21-22-23-24-25-26-28-30-32-37-41-45-52(59)62-48(42-38-34-31-29-27-14-12-10-8-6-4-2)43-39-35-33-36-40-44-50(57)54-46-51(58)55-49(47-56)53(60)61/h5,7,11-14,16-17,19-20,22-23,29,31,38,42,48-49,56H,3-4,6,8-10,15,18,21,24-28,30,32-37,39-41,43-47H2,1-2H3,(H,54,57)(H,55,58)(H,60,61)/b7-5-,13-11-,14-12-,17-16-,20-19-,23-22-,31-29-,42-38-. The van der Waals surface area contributed by atoms with Crippen molar-refractivity contribution < 1.29 is 34.1 Å². The fourth-order valence-electron chi connectivity index (χ4n) is 6.37. The van der Waals surface area contributed by atoms with Gasteiger partial charge in [-0.15, -0.1) is 0 Å². The number of nitrogens with one attached hydrogen (secondary N) is 2. The van der Waals surface area contributed by atoms with Gasteiger partial charge in [0.2, 0.25) is 11.8 Å². The summed E-state index contributed by atoms with van der Waals surface area (Å²) in [7, 11) is 0. The van der Waals surface area contributed by atoms with E-state index in [0.29, 0.717) is 12.8 Å². The second-order valence-electron chi connectivity index (χ2n) is 15.8. The van der Waals surface area contributed by atoms with Gasteiger partial charge in [-0.1, -0.05) is 169 Å². The van der Waals surface area contributed by atoms with Crippen LogP contribution in [0.2, 0.25) is 0 Å². The molecular formula is C53H86N2O7. The summed E-state index contributed by atoms with van der Waals surface area (Å²) in [6.45, 7) is 3.31. The molecule has 2 atom stereocenters. The second-order valence-corrected chi connectivity index (χ2v) is 15.8. The van der Waals surface area contributed by atoms with Crippen LogP contribution in [0.5, 0.6) is 0 Å². The minimum Gasteiger partial charge on any atom is -0.480 e. The molecule has 350 valence electrons. The van der Waals surface area contributed by atoms with Gasteiger partial charge in [0, 0.05) is 12.8 Å². The molecule has 0 aliphatic heterocycles. The van der Waals surface area contributed by atoms with Crippen LogP contribution in [0.1, 0.15) is 187 Å². The van der Waals surface area contributed by atoms with Crippen LogP contribution in [0.3, 0.4) is 0 Å². The van der Waals surface area contributed by atoms with Gasteiger partial charge in [0.1, 0.15) is 12.1 Å². The number of carboxylic acid groups (broad SMARTS) is 1. The third-order valence-electron chi connectivity index (χ3n) is 10.0. The number of carboxylic acids is 1. The average Bonchev–Trinajstić information content (AvgIpc) is 3.26. The zero-order chi connectivity index (χ0) is 45.4. The van der Waals surface area contributed by atoms with Gasteiger partial charge in [0.25, 0.3) is 0 Å². The summed E-state index contributed by atoms with van der Waals surface area (Å²) in [6, 6.07) is -1.39. The Morgan fingerprint density at radius 3 is 1.48 bits per heavy atom. The van der Waals surface area contributed by atoms with E-state index < -0.39 is 24.5 Å². The molecule has 9 heteroatoms. The van der Waals surface area contributed by atoms with Gasteiger partial charge in [-0.25, -0.2) is 4.79 Å². The molecule has 0 aromatic heterocycles. The van der Waals surface area contributed by atoms with Crippen LogP contribution in [0.15, 0.2) is 97.2 Å². The quantitative estimate of drug-likeness (QED) is 0.0272. The molecule has 0 rings (SSSR count). The molecular weight excluding hydrogens is 777 g/mol. The molecule has 2 unspecified atom stereocenters. The highest BCUT2D eigenvalue weighted by Crippen LogP contribution is 2.15. The highest BCUT2D eigenvalue weighted by Gasteiger charge is 2.18. The van der Waals surface area contributed by atoms with Crippen molar-refractivity contribution in [2.45, 2.75) is 199 Å². The Hall–Kier alpha value is -4.24. The molecule has 4 N–H and O–H groups in total. The number of aliphatic hydroxyl groups is 1. The summed E-state index contributed by atoms with van der Waals surface area (Å²) in [5.41, 5.74) is 0. The van der Waals surface area contributed by atoms with E-state index >= 15 is 0 Å². The van der Waals surface area contributed by atoms with Crippen LogP contribution >= 0.6 is 0 Å². The van der Waals surface area contributed by atoms with Crippen molar-refractivity contribution in [2.24, 2.45) is 0 Å². The highest BCUT2D eigenvalue weighted by molar-refractivity contribution is 5.87. The Labute approximate surface area is 377 Å². The lowest BCUT2D eigenvalue weighted by molar-refractivity contribution is -0.147. The fraction of sp³-hybridized carbons (Fsp3) is 0.623. The lowest BCUT2D eigenvalue weighted by atomic mass is 10.1. The van der Waals surface area contributed by atoms with Gasteiger partial charge < -0.3 is 25.6 Å². The van der Waals surface area contributed by atoms with E-state index in [1.807, 2.05) is 6.08 Å². The van der Waals surface area contributed by atoms with Crippen molar-refractivity contribution in [1.29, 1.82) is 0 Å². The number of rotatable bonds is 42. The number of carbonyl (C=O) groups excluding carboxylic acids is 3. The van der Waals surface area contributed by atoms with Crippen LogP contribution in [0, 0.1) is 0 Å². The first kappa shape index (κ1) is 57.8. The Bertz CT molecular complexity index is 1360. The van der Waals surface area contributed by atoms with Crippen LogP contribution in [-0.4, -0.2) is 59.3 Å². The minimum absolute atomic E-state index is 0.130. The molecule has 0 bridgehead atoms. The SMILES string of the molecule is CC/C=C\C/C=C\C/C=C\C/C=C\C/C=C\CCCCCCCCCC(=O)OC(/C=C\C/C=C\C/C=C\CCCCC)CCCCCCCC(=O)NCC(=O)NC(CO)C(=O)O. The fourth-order valence-corrected chi connectivity index (χ4v) is 6.37. The molecule has 0 aliphatic carbocycles. The van der Waals surface area contributed by atoms with E-state index in [0.717, 1.165) is 109 Å². The minimum atomic E-state index is -1.39. The Morgan fingerprint density at radius 1 is 0.516 bits per heavy atom. The third-order valence-corrected chi connectivity index (χ3v) is 10.0. The molecule has 0 radical (unpaired) electrons.